The number of halogens is 2. The predicted octanol–water partition coefficient (Wildman–Crippen LogP) is 5.23. The van der Waals surface area contributed by atoms with E-state index in [-0.39, 0.29) is 47.2 Å². The number of anilines is 1. The second-order valence-electron chi connectivity index (χ2n) is 15.4. The van der Waals surface area contributed by atoms with Crippen molar-refractivity contribution in [2.45, 2.75) is 141 Å². The minimum Gasteiger partial charge on any atom is -0.459 e. The number of hydrogen-bond donors (Lipinski definition) is 4. The number of ether oxygens (including phenoxy) is 5. The minimum absolute atomic E-state index is 0.126. The summed E-state index contributed by atoms with van der Waals surface area (Å²) < 4.78 is 31.7. The first-order valence-electron chi connectivity index (χ1n) is 17.7. The largest absolute Gasteiger partial charge is 0.459 e. The Morgan fingerprint density at radius 2 is 1.80 bits per heavy atom. The fourth-order valence-corrected chi connectivity index (χ4v) is 8.67. The van der Waals surface area contributed by atoms with Crippen LogP contribution in [-0.4, -0.2) is 107 Å². The van der Waals surface area contributed by atoms with Crippen LogP contribution in [0.1, 0.15) is 74.7 Å². The second kappa shape index (κ2) is 16.1. The van der Waals surface area contributed by atoms with Crippen LogP contribution in [0.25, 0.3) is 0 Å². The van der Waals surface area contributed by atoms with Gasteiger partial charge in [0.05, 0.1) is 40.5 Å². The fourth-order valence-electron chi connectivity index (χ4n) is 8.33. The van der Waals surface area contributed by atoms with Gasteiger partial charge in [0.2, 0.25) is 0 Å². The first kappa shape index (κ1) is 41.0. The molecular weight excluding hydrogens is 689 g/mol. The molecule has 0 spiro atoms. The molecule has 12 nitrogen and oxygen atoms in total. The topological polar surface area (TPSA) is 162 Å². The molecular formula is C36H57Cl2N3O9. The number of amides is 1. The molecule has 3 aliphatic rings. The van der Waals surface area contributed by atoms with Gasteiger partial charge in [0.15, 0.2) is 6.29 Å². The summed E-state index contributed by atoms with van der Waals surface area (Å²) in [4.78, 5) is 29.5. The smallest absolute Gasteiger partial charge is 0.411 e. The molecule has 50 heavy (non-hydrogen) atoms. The van der Waals surface area contributed by atoms with Crippen molar-refractivity contribution < 1.29 is 43.5 Å². The number of carbonyl (C=O) groups is 2. The van der Waals surface area contributed by atoms with E-state index in [0.29, 0.717) is 17.9 Å². The second-order valence-corrected chi connectivity index (χ2v) is 16.3. The lowest BCUT2D eigenvalue weighted by Crippen LogP contribution is -2.59. The van der Waals surface area contributed by atoms with Gasteiger partial charge in [-0.2, -0.15) is 0 Å². The van der Waals surface area contributed by atoms with Crippen LogP contribution in [0, 0.1) is 23.7 Å². The zero-order valence-electron chi connectivity index (χ0n) is 30.9. The third kappa shape index (κ3) is 8.55. The summed E-state index contributed by atoms with van der Waals surface area (Å²) in [6, 6.07) is 3.83. The van der Waals surface area contributed by atoms with E-state index in [2.05, 4.69) is 5.32 Å². The number of carbonyl (C=O) groups excluding carboxylic acids is 2. The maximum absolute atomic E-state index is 14.1. The number of benzene rings is 1. The molecule has 1 aromatic carbocycles. The number of aliphatic hydroxyl groups is 2. The summed E-state index contributed by atoms with van der Waals surface area (Å²) in [5.74, 6) is -2.91. The zero-order valence-corrected chi connectivity index (χ0v) is 32.4. The SMILES string of the molecule is CC[C@@H]1OC(=O)[C@H](C)[C@@H](OC(=O)Nc2cc(Cl)ccc2Cl)[C@H](C)[C@@H](O[C@@H]2O[C@H](C)C[C@H](N(C)C)[C@H]2O)[C@@](C)(O)C[C@@H](C)[C@H]2OC1(C)[C@@H](N)[C@@H]2C. The number of nitrogens with one attached hydrogen (secondary N) is 1. The van der Waals surface area contributed by atoms with Gasteiger partial charge in [0.25, 0.3) is 0 Å². The van der Waals surface area contributed by atoms with Crippen molar-refractivity contribution in [3.63, 3.8) is 0 Å². The van der Waals surface area contributed by atoms with Crippen LogP contribution in [0.15, 0.2) is 18.2 Å². The van der Waals surface area contributed by atoms with E-state index >= 15 is 0 Å². The van der Waals surface area contributed by atoms with Crippen molar-refractivity contribution in [3.05, 3.63) is 28.2 Å². The molecule has 15 atom stereocenters. The molecule has 0 aromatic heterocycles. The van der Waals surface area contributed by atoms with Crippen molar-refractivity contribution >= 4 is 41.0 Å². The summed E-state index contributed by atoms with van der Waals surface area (Å²) in [6.07, 6.45) is -5.61. The van der Waals surface area contributed by atoms with E-state index < -0.39 is 71.8 Å². The van der Waals surface area contributed by atoms with Gasteiger partial charge in [-0.1, -0.05) is 50.9 Å². The molecule has 0 aliphatic carbocycles. The van der Waals surface area contributed by atoms with Crippen LogP contribution in [0.3, 0.4) is 0 Å². The fraction of sp³-hybridized carbons (Fsp3) is 0.778. The van der Waals surface area contributed by atoms with Crippen molar-refractivity contribution in [2.75, 3.05) is 19.4 Å². The summed E-state index contributed by atoms with van der Waals surface area (Å²) in [5.41, 5.74) is 4.38. The summed E-state index contributed by atoms with van der Waals surface area (Å²) in [7, 11) is 3.74. The van der Waals surface area contributed by atoms with Gasteiger partial charge < -0.3 is 44.5 Å². The highest BCUT2D eigenvalue weighted by Gasteiger charge is 2.57. The Bertz CT molecular complexity index is 1350. The highest BCUT2D eigenvalue weighted by atomic mass is 35.5. The molecule has 1 aromatic rings. The maximum atomic E-state index is 14.1. The Morgan fingerprint density at radius 1 is 1.14 bits per heavy atom. The molecule has 2 bridgehead atoms. The van der Waals surface area contributed by atoms with E-state index in [0.717, 1.165) is 0 Å². The van der Waals surface area contributed by atoms with Crippen LogP contribution in [-0.2, 0) is 28.5 Å². The number of nitrogens with two attached hydrogens (primary N) is 1. The van der Waals surface area contributed by atoms with Gasteiger partial charge in [-0.15, -0.1) is 0 Å². The number of rotatable bonds is 6. The third-order valence-electron chi connectivity index (χ3n) is 11.1. The molecule has 5 N–H and O–H groups in total. The van der Waals surface area contributed by atoms with Crippen molar-refractivity contribution in [3.8, 4) is 0 Å². The van der Waals surface area contributed by atoms with Gasteiger partial charge in [0.1, 0.15) is 23.9 Å². The van der Waals surface area contributed by atoms with E-state index in [4.69, 9.17) is 52.6 Å². The van der Waals surface area contributed by atoms with E-state index in [1.165, 1.54) is 12.1 Å². The minimum atomic E-state index is -1.61. The lowest BCUT2D eigenvalue weighted by atomic mass is 9.75. The van der Waals surface area contributed by atoms with Crippen LogP contribution >= 0.6 is 23.2 Å². The first-order valence-corrected chi connectivity index (χ1v) is 18.4. The normalized spacial score (nSPS) is 43.0. The maximum Gasteiger partial charge on any atom is 0.411 e. The summed E-state index contributed by atoms with van der Waals surface area (Å²) >= 11 is 12.5. The molecule has 1 amide bonds. The molecule has 0 radical (unpaired) electrons. The van der Waals surface area contributed by atoms with Crippen LogP contribution in [0.2, 0.25) is 10.0 Å². The quantitative estimate of drug-likeness (QED) is 0.282. The third-order valence-corrected chi connectivity index (χ3v) is 11.7. The molecule has 14 heteroatoms. The Morgan fingerprint density at radius 3 is 2.42 bits per heavy atom. The lowest BCUT2D eigenvalue weighted by Gasteiger charge is -2.47. The number of hydrogen-bond acceptors (Lipinski definition) is 11. The number of esters is 1. The number of nitrogens with zero attached hydrogens (tertiary/aromatic N) is 1. The van der Waals surface area contributed by atoms with E-state index in [9.17, 15) is 19.8 Å². The van der Waals surface area contributed by atoms with Crippen molar-refractivity contribution in [1.29, 1.82) is 0 Å². The van der Waals surface area contributed by atoms with Crippen molar-refractivity contribution in [2.24, 2.45) is 29.4 Å². The number of cyclic esters (lactones) is 1. The lowest BCUT2D eigenvalue weighted by molar-refractivity contribution is -0.299. The van der Waals surface area contributed by atoms with Crippen LogP contribution in [0.5, 0.6) is 0 Å². The molecule has 284 valence electrons. The predicted molar refractivity (Wildman–Crippen MR) is 191 cm³/mol. The summed E-state index contributed by atoms with van der Waals surface area (Å²) in [5, 5.41) is 27.1. The molecule has 3 aliphatic heterocycles. The number of aliphatic hydroxyl groups excluding tert-OH is 1. The van der Waals surface area contributed by atoms with E-state index in [1.807, 2.05) is 53.6 Å². The number of likely N-dealkylation sites (N-methyl/N-ethyl adjacent to an activating group) is 1. The Kier molecular flexibility index (Phi) is 13.2. The first-order chi connectivity index (χ1) is 23.2. The average Bonchev–Trinajstić information content (AvgIpc) is 3.27. The van der Waals surface area contributed by atoms with Gasteiger partial charge in [-0.3, -0.25) is 10.1 Å². The Hall–Kier alpha value is -1.74. The Labute approximate surface area is 306 Å². The molecule has 3 heterocycles. The van der Waals surface area contributed by atoms with Crippen LogP contribution in [0.4, 0.5) is 10.5 Å². The monoisotopic (exact) mass is 745 g/mol. The Balaban J connectivity index is 1.80. The number of fused-ring (bicyclic) bond motifs is 2. The van der Waals surface area contributed by atoms with E-state index in [1.54, 1.807) is 26.8 Å². The highest BCUT2D eigenvalue weighted by molar-refractivity contribution is 6.35. The van der Waals surface area contributed by atoms with Gasteiger partial charge in [-0.05, 0) is 85.2 Å². The zero-order chi connectivity index (χ0) is 37.5. The molecule has 3 fully saturated rings. The van der Waals surface area contributed by atoms with Gasteiger partial charge in [-0.25, -0.2) is 4.79 Å². The van der Waals surface area contributed by atoms with Crippen LogP contribution < -0.4 is 11.1 Å². The molecule has 4 rings (SSSR count). The molecule has 3 saturated heterocycles. The molecule has 1 unspecified atom stereocenters. The van der Waals surface area contributed by atoms with Gasteiger partial charge >= 0.3 is 12.1 Å². The summed E-state index contributed by atoms with van der Waals surface area (Å²) in [6.45, 7) is 14.6. The van der Waals surface area contributed by atoms with Crippen molar-refractivity contribution in [1.82, 2.24) is 4.90 Å². The standard InChI is InChI=1S/C36H57Cl2N3O9/c1-11-26-36(8)30(39)19(4)28(50-36)17(2)16-35(7,45)31(49-33-27(42)25(41(9)10)14-18(3)46-33)20(5)29(21(6)32(43)47-26)48-34(44)40-24-15-22(37)12-13-23(24)38/h12-13,15,17-21,25-31,33,42,45H,11,14,16,39H2,1-10H3,(H,40,44)/t17-,18-,19-,20+,21-,25+,26+,27-,28-,29+,30+,31-,33+,35+,36?/m1/s1. The molecule has 0 saturated carbocycles. The average molecular weight is 747 g/mol. The van der Waals surface area contributed by atoms with Gasteiger partial charge in [0, 0.05) is 28.9 Å². The highest BCUT2D eigenvalue weighted by Crippen LogP contribution is 2.45.